The average molecular weight is 315 g/mol. The van der Waals surface area contributed by atoms with E-state index in [0.717, 1.165) is 14.3 Å². The minimum absolute atomic E-state index is 0.199. The van der Waals surface area contributed by atoms with Crippen LogP contribution in [0.4, 0.5) is 0 Å². The number of halogens is 1. The molecule has 0 aliphatic carbocycles. The molecule has 0 atom stereocenters. The monoisotopic (exact) mass is 314 g/mol. The third kappa shape index (κ3) is 2.32. The van der Waals surface area contributed by atoms with Crippen molar-refractivity contribution in [3.8, 4) is 0 Å². The lowest BCUT2D eigenvalue weighted by Crippen LogP contribution is -2.31. The number of hydrogen-bond acceptors (Lipinski definition) is 4. The van der Waals surface area contributed by atoms with Crippen LogP contribution in [-0.4, -0.2) is 29.9 Å². The number of carbonyl (C=O) groups excluding carboxylic acids is 1. The molecular formula is C11H11BrN2O4. The van der Waals surface area contributed by atoms with Crippen molar-refractivity contribution in [2.24, 2.45) is 0 Å². The highest BCUT2D eigenvalue weighted by atomic mass is 79.9. The second-order valence-electron chi connectivity index (χ2n) is 3.65. The number of hydrogen-bond donors (Lipinski definition) is 0. The van der Waals surface area contributed by atoms with Gasteiger partial charge >= 0.3 is 0 Å². The van der Waals surface area contributed by atoms with Crippen molar-refractivity contribution in [3.05, 3.63) is 33.0 Å². The van der Waals surface area contributed by atoms with E-state index in [1.165, 1.54) is 14.2 Å². The molecule has 0 saturated heterocycles. The van der Waals surface area contributed by atoms with Gasteiger partial charge in [0.05, 0.1) is 12.5 Å². The van der Waals surface area contributed by atoms with E-state index in [1.807, 2.05) is 0 Å². The molecule has 0 saturated carbocycles. The maximum Gasteiger partial charge on any atom is 0.290 e. The van der Waals surface area contributed by atoms with E-state index in [1.54, 1.807) is 18.2 Å². The van der Waals surface area contributed by atoms with Gasteiger partial charge in [-0.2, -0.15) is 4.74 Å². The van der Waals surface area contributed by atoms with Crippen LogP contribution in [0.3, 0.4) is 0 Å². The Hall–Kier alpha value is -1.60. The Kier molecular flexibility index (Phi) is 3.53. The van der Waals surface area contributed by atoms with Gasteiger partial charge < -0.3 is 4.52 Å². The first-order valence-corrected chi connectivity index (χ1v) is 5.92. The van der Waals surface area contributed by atoms with E-state index in [9.17, 15) is 9.59 Å². The van der Waals surface area contributed by atoms with Gasteiger partial charge in [-0.05, 0) is 18.2 Å². The van der Waals surface area contributed by atoms with Gasteiger partial charge in [-0.3, -0.25) is 14.4 Å². The smallest absolute Gasteiger partial charge is 0.290 e. The van der Waals surface area contributed by atoms with Crippen LogP contribution in [0.25, 0.3) is 11.0 Å². The summed E-state index contributed by atoms with van der Waals surface area (Å²) in [5, 5.41) is 1.47. The summed E-state index contributed by atoms with van der Waals surface area (Å²) in [4.78, 5) is 28.3. The summed E-state index contributed by atoms with van der Waals surface area (Å²) in [7, 11) is 2.84. The average Bonchev–Trinajstić information content (AvgIpc) is 2.64. The first-order chi connectivity index (χ1) is 8.52. The van der Waals surface area contributed by atoms with Crippen LogP contribution >= 0.6 is 15.9 Å². The van der Waals surface area contributed by atoms with E-state index in [0.29, 0.717) is 11.0 Å². The molecule has 0 fully saturated rings. The fourth-order valence-electron chi connectivity index (χ4n) is 1.47. The predicted molar refractivity (Wildman–Crippen MR) is 68.0 cm³/mol. The van der Waals surface area contributed by atoms with Gasteiger partial charge in [0, 0.05) is 11.5 Å². The largest absolute Gasteiger partial charge is 0.375 e. The van der Waals surface area contributed by atoms with Crippen LogP contribution in [0.1, 0.15) is 0 Å². The SMILES string of the molecule is CON(C)C(=O)Cn1oc2cc(Br)ccc2c1=O. The highest BCUT2D eigenvalue weighted by Gasteiger charge is 2.15. The number of hydroxylamine groups is 2. The minimum atomic E-state index is -0.377. The fraction of sp³-hybridized carbons (Fsp3) is 0.273. The lowest BCUT2D eigenvalue weighted by molar-refractivity contribution is -0.170. The Bertz CT molecular complexity index is 646. The zero-order chi connectivity index (χ0) is 13.3. The van der Waals surface area contributed by atoms with Crippen molar-refractivity contribution in [1.82, 2.24) is 9.80 Å². The highest BCUT2D eigenvalue weighted by molar-refractivity contribution is 9.10. The predicted octanol–water partition coefficient (Wildman–Crippen LogP) is 1.38. The molecule has 2 aromatic rings. The number of likely N-dealkylation sites (N-methyl/N-ethyl adjacent to an activating group) is 1. The molecule has 1 amide bonds. The van der Waals surface area contributed by atoms with Gasteiger partial charge in [0.1, 0.15) is 6.54 Å². The van der Waals surface area contributed by atoms with Crippen LogP contribution in [0.5, 0.6) is 0 Å². The Labute approximate surface area is 111 Å². The maximum atomic E-state index is 11.9. The van der Waals surface area contributed by atoms with Crippen molar-refractivity contribution in [3.63, 3.8) is 0 Å². The number of fused-ring (bicyclic) bond motifs is 1. The van der Waals surface area contributed by atoms with E-state index in [-0.39, 0.29) is 18.0 Å². The molecule has 0 bridgehead atoms. The topological polar surface area (TPSA) is 64.7 Å². The van der Waals surface area contributed by atoms with Crippen LogP contribution in [0.2, 0.25) is 0 Å². The van der Waals surface area contributed by atoms with Crippen molar-refractivity contribution in [2.75, 3.05) is 14.2 Å². The van der Waals surface area contributed by atoms with E-state index >= 15 is 0 Å². The summed E-state index contributed by atoms with van der Waals surface area (Å²) in [5.74, 6) is -0.377. The second kappa shape index (κ2) is 4.95. The molecule has 0 aliphatic heterocycles. The fourth-order valence-corrected chi connectivity index (χ4v) is 1.81. The molecule has 1 aromatic carbocycles. The molecule has 1 aromatic heterocycles. The maximum absolute atomic E-state index is 11.9. The van der Waals surface area contributed by atoms with Crippen LogP contribution < -0.4 is 5.56 Å². The molecule has 0 aliphatic rings. The molecular weight excluding hydrogens is 304 g/mol. The van der Waals surface area contributed by atoms with Gasteiger partial charge in [-0.1, -0.05) is 15.9 Å². The minimum Gasteiger partial charge on any atom is -0.375 e. The van der Waals surface area contributed by atoms with Gasteiger partial charge in [0.15, 0.2) is 5.58 Å². The third-order valence-electron chi connectivity index (χ3n) is 2.51. The summed E-state index contributed by atoms with van der Waals surface area (Å²) in [6, 6.07) is 5.07. The Morgan fingerprint density at radius 3 is 2.94 bits per heavy atom. The number of nitrogens with zero attached hydrogens (tertiary/aromatic N) is 2. The van der Waals surface area contributed by atoms with Crippen molar-refractivity contribution in [2.45, 2.75) is 6.54 Å². The molecule has 0 N–H and O–H groups in total. The standard InChI is InChI=1S/C11H11BrN2O4/c1-13(17-2)10(15)6-14-11(16)8-4-3-7(12)5-9(8)18-14/h3-5H,6H2,1-2H3. The van der Waals surface area contributed by atoms with Crippen LogP contribution in [0.15, 0.2) is 32.0 Å². The summed E-state index contributed by atoms with van der Waals surface area (Å²) in [6.45, 7) is -0.199. The van der Waals surface area contributed by atoms with Crippen LogP contribution in [0, 0.1) is 0 Å². The zero-order valence-electron chi connectivity index (χ0n) is 9.84. The first-order valence-electron chi connectivity index (χ1n) is 5.13. The molecule has 0 radical (unpaired) electrons. The lowest BCUT2D eigenvalue weighted by Gasteiger charge is -2.12. The zero-order valence-corrected chi connectivity index (χ0v) is 11.4. The Morgan fingerprint density at radius 2 is 2.28 bits per heavy atom. The number of amides is 1. The Morgan fingerprint density at radius 1 is 1.56 bits per heavy atom. The summed E-state index contributed by atoms with van der Waals surface area (Å²) < 4.78 is 7.13. The quantitative estimate of drug-likeness (QED) is 0.803. The van der Waals surface area contributed by atoms with Gasteiger partial charge in [0.2, 0.25) is 0 Å². The number of benzene rings is 1. The summed E-state index contributed by atoms with van der Waals surface area (Å²) in [6.07, 6.45) is 0. The molecule has 0 unspecified atom stereocenters. The van der Waals surface area contributed by atoms with Crippen LogP contribution in [-0.2, 0) is 16.2 Å². The summed E-state index contributed by atoms with van der Waals surface area (Å²) >= 11 is 3.29. The van der Waals surface area contributed by atoms with E-state index in [4.69, 9.17) is 9.36 Å². The number of aromatic nitrogens is 1. The third-order valence-corrected chi connectivity index (χ3v) is 3.01. The molecule has 18 heavy (non-hydrogen) atoms. The summed E-state index contributed by atoms with van der Waals surface area (Å²) in [5.41, 5.74) is 0.0950. The normalized spacial score (nSPS) is 10.8. The van der Waals surface area contributed by atoms with E-state index in [2.05, 4.69) is 15.9 Å². The van der Waals surface area contributed by atoms with Gasteiger partial charge in [-0.15, -0.1) is 0 Å². The Balaban J connectivity index is 2.38. The number of carbonyl (C=O) groups is 1. The molecule has 1 heterocycles. The van der Waals surface area contributed by atoms with Crippen molar-refractivity contribution in [1.29, 1.82) is 0 Å². The van der Waals surface area contributed by atoms with Gasteiger partial charge in [0.25, 0.3) is 11.5 Å². The lowest BCUT2D eigenvalue weighted by atomic mass is 10.3. The highest BCUT2D eigenvalue weighted by Crippen LogP contribution is 2.17. The molecule has 6 nitrogen and oxygen atoms in total. The molecule has 2 rings (SSSR count). The second-order valence-corrected chi connectivity index (χ2v) is 4.56. The first kappa shape index (κ1) is 12.8. The molecule has 7 heteroatoms. The van der Waals surface area contributed by atoms with Crippen molar-refractivity contribution < 1.29 is 14.2 Å². The molecule has 96 valence electrons. The molecule has 0 spiro atoms. The van der Waals surface area contributed by atoms with Gasteiger partial charge in [-0.25, -0.2) is 5.06 Å². The number of rotatable bonds is 3. The van der Waals surface area contributed by atoms with E-state index < -0.39 is 0 Å². The van der Waals surface area contributed by atoms with Crippen molar-refractivity contribution >= 4 is 32.8 Å².